The molecule has 0 spiro atoms. The maximum atomic E-state index is 12.1. The highest BCUT2D eigenvalue weighted by Gasteiger charge is 2.08. The first-order valence-corrected chi connectivity index (χ1v) is 11.1. The highest BCUT2D eigenvalue weighted by Crippen LogP contribution is 2.28. The molecule has 8 nitrogen and oxygen atoms in total. The second-order valence-corrected chi connectivity index (χ2v) is 7.71. The van der Waals surface area contributed by atoms with E-state index in [0.717, 1.165) is 11.1 Å². The number of hydrazone groups is 1. The molecule has 0 aliphatic rings. The molecule has 2 amide bonds. The minimum absolute atomic E-state index is 0.0916. The Kier molecular flexibility index (Phi) is 9.24. The molecule has 0 aliphatic carbocycles. The van der Waals surface area contributed by atoms with Gasteiger partial charge in [-0.15, -0.1) is 0 Å². The summed E-state index contributed by atoms with van der Waals surface area (Å²) in [5, 5.41) is 6.68. The second kappa shape index (κ2) is 12.8. The number of nitrogens with one attached hydrogen (secondary N) is 2. The summed E-state index contributed by atoms with van der Waals surface area (Å²) in [7, 11) is 3.13. The first-order chi connectivity index (χ1) is 17.0. The minimum atomic E-state index is -0.318. The number of carbonyl (C=O) groups excluding carboxylic acids is 2. The Balaban J connectivity index is 1.44. The lowest BCUT2D eigenvalue weighted by Crippen LogP contribution is -2.29. The highest BCUT2D eigenvalue weighted by atomic mass is 16.5. The molecule has 0 atom stereocenters. The summed E-state index contributed by atoms with van der Waals surface area (Å²) in [4.78, 5) is 24.1. The van der Waals surface area contributed by atoms with Crippen molar-refractivity contribution in [2.75, 3.05) is 20.8 Å². The van der Waals surface area contributed by atoms with Gasteiger partial charge in [0.2, 0.25) is 5.91 Å². The topological polar surface area (TPSA) is 98.2 Å². The van der Waals surface area contributed by atoms with Gasteiger partial charge in [0.15, 0.2) is 11.5 Å². The van der Waals surface area contributed by atoms with Gasteiger partial charge in [-0.05, 0) is 60.5 Å². The van der Waals surface area contributed by atoms with Crippen molar-refractivity contribution in [1.82, 2.24) is 10.7 Å². The third-order valence-electron chi connectivity index (χ3n) is 5.10. The number of amides is 2. The van der Waals surface area contributed by atoms with Crippen LogP contribution < -0.4 is 25.0 Å². The molecule has 2 N–H and O–H groups in total. The molecule has 3 aromatic rings. The number of rotatable bonds is 11. The number of hydrogen-bond acceptors (Lipinski definition) is 6. The molecule has 0 fully saturated rings. The summed E-state index contributed by atoms with van der Waals surface area (Å²) in [5.74, 6) is 1.26. The Labute approximate surface area is 204 Å². The van der Waals surface area contributed by atoms with Crippen LogP contribution >= 0.6 is 0 Å². The van der Waals surface area contributed by atoms with E-state index in [1.807, 2.05) is 37.3 Å². The van der Waals surface area contributed by atoms with Crippen LogP contribution in [-0.2, 0) is 11.4 Å². The fourth-order valence-corrected chi connectivity index (χ4v) is 3.10. The Bertz CT molecular complexity index is 1160. The Morgan fingerprint density at radius 2 is 1.66 bits per heavy atom. The molecule has 3 rings (SSSR count). The summed E-state index contributed by atoms with van der Waals surface area (Å²) in [6.07, 6.45) is 1.61. The van der Waals surface area contributed by atoms with E-state index in [1.54, 1.807) is 50.6 Å². The zero-order valence-corrected chi connectivity index (χ0v) is 20.0. The van der Waals surface area contributed by atoms with Gasteiger partial charge in [0.1, 0.15) is 12.4 Å². The van der Waals surface area contributed by atoms with Crippen molar-refractivity contribution in [3.8, 4) is 17.2 Å². The van der Waals surface area contributed by atoms with Gasteiger partial charge in [-0.3, -0.25) is 9.59 Å². The number of carbonyl (C=O) groups is 2. The molecule has 0 radical (unpaired) electrons. The third-order valence-corrected chi connectivity index (χ3v) is 5.10. The average Bonchev–Trinajstić information content (AvgIpc) is 2.88. The summed E-state index contributed by atoms with van der Waals surface area (Å²) < 4.78 is 16.4. The van der Waals surface area contributed by atoms with Gasteiger partial charge in [-0.1, -0.05) is 29.8 Å². The van der Waals surface area contributed by atoms with Crippen molar-refractivity contribution < 1.29 is 23.8 Å². The molecule has 182 valence electrons. The third kappa shape index (κ3) is 7.89. The van der Waals surface area contributed by atoms with Crippen molar-refractivity contribution in [3.63, 3.8) is 0 Å². The minimum Gasteiger partial charge on any atom is -0.497 e. The molecule has 0 heterocycles. The lowest BCUT2D eigenvalue weighted by atomic mass is 10.2. The first kappa shape index (κ1) is 25.3. The van der Waals surface area contributed by atoms with Crippen molar-refractivity contribution in [2.45, 2.75) is 20.0 Å². The van der Waals surface area contributed by atoms with E-state index < -0.39 is 0 Å². The predicted molar refractivity (Wildman–Crippen MR) is 134 cm³/mol. The van der Waals surface area contributed by atoms with Crippen LogP contribution in [-0.4, -0.2) is 38.8 Å². The summed E-state index contributed by atoms with van der Waals surface area (Å²) in [5.41, 5.74) is 5.93. The molecule has 0 saturated heterocycles. The Morgan fingerprint density at radius 1 is 0.914 bits per heavy atom. The molecular weight excluding hydrogens is 446 g/mol. The van der Waals surface area contributed by atoms with Crippen LogP contribution in [0.4, 0.5) is 0 Å². The SMILES string of the molecule is COc1ccc(C(=O)NCCC(=O)NN=Cc2ccc(OCc3ccc(C)cc3)c(OC)c2)cc1. The van der Waals surface area contributed by atoms with Gasteiger partial charge < -0.3 is 19.5 Å². The summed E-state index contributed by atoms with van der Waals surface area (Å²) in [6.45, 7) is 2.65. The van der Waals surface area contributed by atoms with Crippen LogP contribution in [0.2, 0.25) is 0 Å². The smallest absolute Gasteiger partial charge is 0.251 e. The number of methoxy groups -OCH3 is 2. The van der Waals surface area contributed by atoms with Gasteiger partial charge in [-0.2, -0.15) is 5.10 Å². The Morgan fingerprint density at radius 3 is 2.34 bits per heavy atom. The number of hydrogen-bond donors (Lipinski definition) is 2. The number of nitrogens with zero attached hydrogens (tertiary/aromatic N) is 1. The van der Waals surface area contributed by atoms with E-state index in [9.17, 15) is 9.59 Å². The van der Waals surface area contributed by atoms with Crippen molar-refractivity contribution in [2.24, 2.45) is 5.10 Å². The number of benzene rings is 3. The molecule has 0 aromatic heterocycles. The molecule has 3 aromatic carbocycles. The largest absolute Gasteiger partial charge is 0.497 e. The fourth-order valence-electron chi connectivity index (χ4n) is 3.10. The van der Waals surface area contributed by atoms with E-state index in [4.69, 9.17) is 14.2 Å². The van der Waals surface area contributed by atoms with Crippen molar-refractivity contribution in [1.29, 1.82) is 0 Å². The normalized spacial score (nSPS) is 10.6. The molecule has 0 aliphatic heterocycles. The van der Waals surface area contributed by atoms with E-state index in [2.05, 4.69) is 15.8 Å². The fraction of sp³-hybridized carbons (Fsp3) is 0.222. The maximum Gasteiger partial charge on any atom is 0.251 e. The van der Waals surface area contributed by atoms with E-state index >= 15 is 0 Å². The van der Waals surface area contributed by atoms with Gasteiger partial charge in [0.25, 0.3) is 5.91 Å². The highest BCUT2D eigenvalue weighted by molar-refractivity contribution is 5.94. The molecule has 0 bridgehead atoms. The van der Waals surface area contributed by atoms with E-state index in [1.165, 1.54) is 11.8 Å². The van der Waals surface area contributed by atoms with Gasteiger partial charge in [-0.25, -0.2) is 5.43 Å². The maximum absolute atomic E-state index is 12.1. The van der Waals surface area contributed by atoms with Crippen LogP contribution in [0.3, 0.4) is 0 Å². The lowest BCUT2D eigenvalue weighted by Gasteiger charge is -2.11. The van der Waals surface area contributed by atoms with Crippen LogP contribution in [0.15, 0.2) is 71.8 Å². The van der Waals surface area contributed by atoms with E-state index in [0.29, 0.717) is 29.4 Å². The molecule has 0 unspecified atom stereocenters. The quantitative estimate of drug-likeness (QED) is 0.324. The van der Waals surface area contributed by atoms with Gasteiger partial charge in [0.05, 0.1) is 20.4 Å². The number of aryl methyl sites for hydroxylation is 1. The van der Waals surface area contributed by atoms with E-state index in [-0.39, 0.29) is 24.8 Å². The standard InChI is InChI=1S/C27H29N3O5/c1-19-4-6-20(7-5-19)18-35-24-13-8-21(16-25(24)34-3)17-29-30-26(31)14-15-28-27(32)22-9-11-23(33-2)12-10-22/h4-13,16-17H,14-15,18H2,1-3H3,(H,28,32)(H,30,31). The summed E-state index contributed by atoms with van der Waals surface area (Å²) in [6, 6.07) is 20.2. The zero-order chi connectivity index (χ0) is 25.0. The first-order valence-electron chi connectivity index (χ1n) is 11.1. The molecule has 0 saturated carbocycles. The van der Waals surface area contributed by atoms with Crippen molar-refractivity contribution in [3.05, 3.63) is 89.0 Å². The Hall–Kier alpha value is -4.33. The van der Waals surface area contributed by atoms with Crippen LogP contribution in [0, 0.1) is 6.92 Å². The monoisotopic (exact) mass is 475 g/mol. The van der Waals surface area contributed by atoms with Crippen molar-refractivity contribution >= 4 is 18.0 Å². The molecule has 8 heteroatoms. The van der Waals surface area contributed by atoms with Crippen LogP contribution in [0.25, 0.3) is 0 Å². The molecular formula is C27H29N3O5. The lowest BCUT2D eigenvalue weighted by molar-refractivity contribution is -0.120. The average molecular weight is 476 g/mol. The number of ether oxygens (including phenoxy) is 3. The van der Waals surface area contributed by atoms with Crippen LogP contribution in [0.5, 0.6) is 17.2 Å². The molecule has 35 heavy (non-hydrogen) atoms. The van der Waals surface area contributed by atoms with Gasteiger partial charge in [0, 0.05) is 18.5 Å². The van der Waals surface area contributed by atoms with Crippen LogP contribution in [0.1, 0.15) is 33.5 Å². The van der Waals surface area contributed by atoms with Gasteiger partial charge >= 0.3 is 0 Å². The predicted octanol–water partition coefficient (Wildman–Crippen LogP) is 3.86. The summed E-state index contributed by atoms with van der Waals surface area (Å²) >= 11 is 0. The zero-order valence-electron chi connectivity index (χ0n) is 20.0. The second-order valence-electron chi connectivity index (χ2n) is 7.71.